The lowest BCUT2D eigenvalue weighted by atomic mass is 9.90. The molecule has 1 fully saturated rings. The van der Waals surface area contributed by atoms with Crippen molar-refractivity contribution in [1.82, 2.24) is 14.6 Å². The highest BCUT2D eigenvalue weighted by Crippen LogP contribution is 2.34. The van der Waals surface area contributed by atoms with Gasteiger partial charge in [0, 0.05) is 24.7 Å². The van der Waals surface area contributed by atoms with Crippen LogP contribution in [0.3, 0.4) is 0 Å². The number of nitrogens with zero attached hydrogens (tertiary/aromatic N) is 4. The van der Waals surface area contributed by atoms with Crippen LogP contribution >= 0.6 is 11.3 Å². The molecule has 0 aliphatic heterocycles. The third-order valence-electron chi connectivity index (χ3n) is 4.86. The molecule has 2 aromatic heterocycles. The summed E-state index contributed by atoms with van der Waals surface area (Å²) in [5.41, 5.74) is 1.81. The fourth-order valence-electron chi connectivity index (χ4n) is 3.48. The van der Waals surface area contributed by atoms with Crippen molar-refractivity contribution in [2.45, 2.75) is 44.6 Å². The lowest BCUT2D eigenvalue weighted by Crippen LogP contribution is -2.21. The van der Waals surface area contributed by atoms with Gasteiger partial charge in [-0.05, 0) is 25.0 Å². The number of hydrogen-bond donors (Lipinski definition) is 0. The molecule has 25 heavy (non-hydrogen) atoms. The van der Waals surface area contributed by atoms with Crippen molar-refractivity contribution in [2.24, 2.45) is 0 Å². The van der Waals surface area contributed by atoms with Gasteiger partial charge in [-0.15, -0.1) is 0 Å². The van der Waals surface area contributed by atoms with Gasteiger partial charge in [-0.2, -0.15) is 9.61 Å². The van der Waals surface area contributed by atoms with Gasteiger partial charge in [0.2, 0.25) is 4.96 Å². The molecule has 6 heteroatoms. The molecule has 5 nitrogen and oxygen atoms in total. The lowest BCUT2D eigenvalue weighted by Gasteiger charge is -2.18. The molecule has 1 aliphatic rings. The van der Waals surface area contributed by atoms with E-state index in [9.17, 15) is 4.79 Å². The Morgan fingerprint density at radius 3 is 2.72 bits per heavy atom. The highest BCUT2D eigenvalue weighted by molar-refractivity contribution is 7.16. The number of benzene rings is 1. The Balaban J connectivity index is 1.61. The zero-order valence-electron chi connectivity index (χ0n) is 14.4. The Kier molecular flexibility index (Phi) is 4.53. The molecule has 1 aliphatic carbocycles. The highest BCUT2D eigenvalue weighted by Gasteiger charge is 2.20. The van der Waals surface area contributed by atoms with E-state index >= 15 is 0 Å². The van der Waals surface area contributed by atoms with Crippen LogP contribution in [0.5, 0.6) is 0 Å². The van der Waals surface area contributed by atoms with Gasteiger partial charge in [0.05, 0.1) is 12.2 Å². The molecule has 0 atom stereocenters. The zero-order chi connectivity index (χ0) is 17.2. The maximum absolute atomic E-state index is 12.5. The summed E-state index contributed by atoms with van der Waals surface area (Å²) in [6.45, 7) is 0.604. The van der Waals surface area contributed by atoms with Crippen LogP contribution in [0.1, 0.15) is 48.7 Å². The largest absolute Gasteiger partial charge is 0.369 e. The van der Waals surface area contributed by atoms with Crippen LogP contribution in [0.4, 0.5) is 5.69 Å². The maximum Gasteiger partial charge on any atom is 0.275 e. The number of rotatable bonds is 4. The third kappa shape index (κ3) is 3.44. The summed E-state index contributed by atoms with van der Waals surface area (Å²) in [4.78, 5) is 20.0. The third-order valence-corrected chi connectivity index (χ3v) is 5.94. The van der Waals surface area contributed by atoms with Crippen molar-refractivity contribution >= 4 is 22.0 Å². The van der Waals surface area contributed by atoms with E-state index in [1.54, 1.807) is 17.4 Å². The predicted molar refractivity (Wildman–Crippen MR) is 102 cm³/mol. The molecule has 0 saturated heterocycles. The van der Waals surface area contributed by atoms with E-state index in [1.807, 2.05) is 25.2 Å². The van der Waals surface area contributed by atoms with E-state index in [1.165, 1.54) is 36.6 Å². The van der Waals surface area contributed by atoms with E-state index in [-0.39, 0.29) is 5.56 Å². The first-order chi connectivity index (χ1) is 12.2. The summed E-state index contributed by atoms with van der Waals surface area (Å²) in [5.74, 6) is 0.496. The first-order valence-electron chi connectivity index (χ1n) is 8.86. The van der Waals surface area contributed by atoms with E-state index in [2.05, 4.69) is 22.1 Å². The normalized spacial score (nSPS) is 15.6. The van der Waals surface area contributed by atoms with E-state index < -0.39 is 0 Å². The molecule has 1 saturated carbocycles. The molecule has 130 valence electrons. The van der Waals surface area contributed by atoms with Crippen LogP contribution in [-0.4, -0.2) is 21.6 Å². The zero-order valence-corrected chi connectivity index (χ0v) is 15.2. The first kappa shape index (κ1) is 16.3. The predicted octanol–water partition coefficient (Wildman–Crippen LogP) is 3.84. The molecule has 2 heterocycles. The topological polar surface area (TPSA) is 50.5 Å². The molecular weight excluding hydrogens is 332 g/mol. The fraction of sp³-hybridized carbons (Fsp3) is 0.421. The maximum atomic E-state index is 12.5. The number of aromatic nitrogens is 3. The number of para-hydroxylation sites is 1. The second-order valence-corrected chi connectivity index (χ2v) is 7.73. The lowest BCUT2D eigenvalue weighted by molar-refractivity contribution is 0.439. The Morgan fingerprint density at radius 1 is 1.20 bits per heavy atom. The monoisotopic (exact) mass is 354 g/mol. The number of anilines is 1. The summed E-state index contributed by atoms with van der Waals surface area (Å²) in [6.07, 6.45) is 6.19. The molecule has 0 spiro atoms. The van der Waals surface area contributed by atoms with Crippen molar-refractivity contribution < 1.29 is 0 Å². The van der Waals surface area contributed by atoms with Crippen LogP contribution in [0.25, 0.3) is 4.96 Å². The Bertz CT molecular complexity index is 912. The molecule has 3 aromatic rings. The van der Waals surface area contributed by atoms with Crippen molar-refractivity contribution in [3.8, 4) is 0 Å². The van der Waals surface area contributed by atoms with E-state index in [4.69, 9.17) is 4.98 Å². The summed E-state index contributed by atoms with van der Waals surface area (Å²) < 4.78 is 1.47. The highest BCUT2D eigenvalue weighted by atomic mass is 32.1. The molecule has 0 N–H and O–H groups in total. The smallest absolute Gasteiger partial charge is 0.275 e. The van der Waals surface area contributed by atoms with Gasteiger partial charge in [0.15, 0.2) is 0 Å². The summed E-state index contributed by atoms with van der Waals surface area (Å²) in [7, 11) is 2.01. The Labute approximate surface area is 151 Å². The minimum absolute atomic E-state index is 0.0835. The van der Waals surface area contributed by atoms with Gasteiger partial charge in [-0.1, -0.05) is 48.8 Å². The Morgan fingerprint density at radius 2 is 1.96 bits per heavy atom. The van der Waals surface area contributed by atoms with Gasteiger partial charge < -0.3 is 4.90 Å². The molecule has 1 aromatic carbocycles. The van der Waals surface area contributed by atoms with Crippen LogP contribution in [-0.2, 0) is 6.54 Å². The second-order valence-electron chi connectivity index (χ2n) is 6.75. The molecule has 0 amide bonds. The van der Waals surface area contributed by atoms with Crippen LogP contribution in [0.15, 0.2) is 41.2 Å². The standard InChI is InChI=1S/C19H22N4OS/c1-22(16-10-6-3-7-11-16)13-15-12-17(24)23-19(20-15)25-18(21-23)14-8-4-2-5-9-14/h3,6-7,10-12,14H,2,4-5,8-9,13H2,1H3. The van der Waals surface area contributed by atoms with Gasteiger partial charge in [-0.25, -0.2) is 4.98 Å². The van der Waals surface area contributed by atoms with Crippen LogP contribution in [0.2, 0.25) is 0 Å². The van der Waals surface area contributed by atoms with E-state index in [0.717, 1.165) is 16.4 Å². The van der Waals surface area contributed by atoms with Crippen LogP contribution < -0.4 is 10.5 Å². The fourth-order valence-corrected chi connectivity index (χ4v) is 4.58. The molecule has 0 radical (unpaired) electrons. The molecule has 0 unspecified atom stereocenters. The molecule has 0 bridgehead atoms. The van der Waals surface area contributed by atoms with Gasteiger partial charge in [0.1, 0.15) is 5.01 Å². The SMILES string of the molecule is CN(Cc1cc(=O)n2nc(C3CCCCC3)sc2n1)c1ccccc1. The van der Waals surface area contributed by atoms with E-state index in [0.29, 0.717) is 17.4 Å². The molecule has 4 rings (SSSR count). The minimum Gasteiger partial charge on any atom is -0.369 e. The summed E-state index contributed by atoms with van der Waals surface area (Å²) >= 11 is 1.58. The average Bonchev–Trinajstić information content (AvgIpc) is 3.08. The quantitative estimate of drug-likeness (QED) is 0.714. The second kappa shape index (κ2) is 6.96. The van der Waals surface area contributed by atoms with Crippen molar-refractivity contribution in [1.29, 1.82) is 0 Å². The van der Waals surface area contributed by atoms with Crippen molar-refractivity contribution in [3.05, 3.63) is 57.5 Å². The minimum atomic E-state index is -0.0835. The van der Waals surface area contributed by atoms with Crippen molar-refractivity contribution in [2.75, 3.05) is 11.9 Å². The summed E-state index contributed by atoms with van der Waals surface area (Å²) in [5, 5.41) is 5.63. The first-order valence-corrected chi connectivity index (χ1v) is 9.68. The number of fused-ring (bicyclic) bond motifs is 1. The average molecular weight is 354 g/mol. The summed E-state index contributed by atoms with van der Waals surface area (Å²) in [6, 6.07) is 11.7. The Hall–Kier alpha value is -2.21. The molecular formula is C19H22N4OS. The van der Waals surface area contributed by atoms with Crippen molar-refractivity contribution in [3.63, 3.8) is 0 Å². The number of hydrogen-bond acceptors (Lipinski definition) is 5. The van der Waals surface area contributed by atoms with Gasteiger partial charge in [0.25, 0.3) is 5.56 Å². The van der Waals surface area contributed by atoms with Gasteiger partial charge in [-0.3, -0.25) is 4.79 Å². The van der Waals surface area contributed by atoms with Crippen LogP contribution in [0, 0.1) is 0 Å². The van der Waals surface area contributed by atoms with Gasteiger partial charge >= 0.3 is 0 Å².